The summed E-state index contributed by atoms with van der Waals surface area (Å²) in [6.07, 6.45) is 1.97. The maximum atomic E-state index is 4.52. The maximum absolute atomic E-state index is 4.52. The molecule has 1 aromatic heterocycles. The van der Waals surface area contributed by atoms with Crippen molar-refractivity contribution >= 4 is 31.9 Å². The zero-order valence-corrected chi connectivity index (χ0v) is 12.6. The van der Waals surface area contributed by atoms with E-state index >= 15 is 0 Å². The lowest BCUT2D eigenvalue weighted by Gasteiger charge is -2.05. The fourth-order valence-electron chi connectivity index (χ4n) is 1.51. The second-order valence-corrected chi connectivity index (χ2v) is 5.40. The topological polar surface area (TPSA) is 29.9 Å². The highest BCUT2D eigenvalue weighted by molar-refractivity contribution is 9.11. The van der Waals surface area contributed by atoms with Crippen LogP contribution in [0, 0.1) is 0 Å². The van der Waals surface area contributed by atoms with Gasteiger partial charge in [0.2, 0.25) is 0 Å². The average molecular weight is 359 g/mol. The molecule has 0 saturated heterocycles. The van der Waals surface area contributed by atoms with Gasteiger partial charge in [-0.05, 0) is 46.7 Å². The fourth-order valence-corrected chi connectivity index (χ4v) is 2.74. The van der Waals surface area contributed by atoms with Gasteiger partial charge in [-0.2, -0.15) is 5.10 Å². The predicted octanol–water partition coefficient (Wildman–Crippen LogP) is 3.51. The van der Waals surface area contributed by atoms with Crippen LogP contribution in [0.1, 0.15) is 12.6 Å². The Morgan fingerprint density at radius 3 is 2.82 bits per heavy atom. The van der Waals surface area contributed by atoms with Crippen LogP contribution in [0.25, 0.3) is 5.69 Å². The number of nitrogens with zero attached hydrogens (tertiary/aromatic N) is 2. The molecular formula is C12H13Br2N3. The zero-order chi connectivity index (χ0) is 12.3. The van der Waals surface area contributed by atoms with E-state index in [1.54, 1.807) is 0 Å². The summed E-state index contributed by atoms with van der Waals surface area (Å²) < 4.78 is 3.95. The number of rotatable bonds is 4. The van der Waals surface area contributed by atoms with Crippen molar-refractivity contribution in [2.45, 2.75) is 13.5 Å². The molecule has 0 bridgehead atoms. The minimum atomic E-state index is 0.803. The molecule has 0 aliphatic rings. The van der Waals surface area contributed by atoms with Crippen molar-refractivity contribution in [1.82, 2.24) is 15.1 Å². The average Bonchev–Trinajstić information content (AvgIpc) is 2.75. The van der Waals surface area contributed by atoms with Crippen LogP contribution in [0.15, 0.2) is 39.4 Å². The third kappa shape index (κ3) is 3.18. The number of halogens is 2. The van der Waals surface area contributed by atoms with Crippen LogP contribution in [0.4, 0.5) is 0 Å². The molecule has 2 aromatic rings. The van der Waals surface area contributed by atoms with Crippen LogP contribution in [0.2, 0.25) is 0 Å². The van der Waals surface area contributed by atoms with Gasteiger partial charge in [0.15, 0.2) is 0 Å². The SMILES string of the molecule is CCNCc1ccn(-c2ccc(Br)cc2Br)n1. The van der Waals surface area contributed by atoms with E-state index in [0.717, 1.165) is 33.4 Å². The lowest BCUT2D eigenvalue weighted by atomic mass is 10.3. The first-order chi connectivity index (χ1) is 8.20. The van der Waals surface area contributed by atoms with Crippen LogP contribution in [0.3, 0.4) is 0 Å². The summed E-state index contributed by atoms with van der Waals surface area (Å²) in [5.41, 5.74) is 2.08. The first-order valence-corrected chi connectivity index (χ1v) is 7.00. The summed E-state index contributed by atoms with van der Waals surface area (Å²) in [5, 5.41) is 7.78. The summed E-state index contributed by atoms with van der Waals surface area (Å²) in [7, 11) is 0. The van der Waals surface area contributed by atoms with Crippen LogP contribution >= 0.6 is 31.9 Å². The molecule has 0 amide bonds. The van der Waals surface area contributed by atoms with Gasteiger partial charge in [0.25, 0.3) is 0 Å². The molecule has 3 nitrogen and oxygen atoms in total. The van der Waals surface area contributed by atoms with Crippen molar-refractivity contribution in [1.29, 1.82) is 0 Å². The minimum absolute atomic E-state index is 0.803. The first-order valence-electron chi connectivity index (χ1n) is 5.41. The molecule has 0 aliphatic heterocycles. The number of aromatic nitrogens is 2. The predicted molar refractivity (Wildman–Crippen MR) is 76.3 cm³/mol. The van der Waals surface area contributed by atoms with Crippen molar-refractivity contribution in [3.05, 3.63) is 45.1 Å². The van der Waals surface area contributed by atoms with Crippen LogP contribution in [-0.4, -0.2) is 16.3 Å². The molecule has 0 radical (unpaired) electrons. The molecule has 2 rings (SSSR count). The van der Waals surface area contributed by atoms with Gasteiger partial charge >= 0.3 is 0 Å². The van der Waals surface area contributed by atoms with Crippen molar-refractivity contribution in [2.75, 3.05) is 6.54 Å². The Hall–Kier alpha value is -0.650. The molecular weight excluding hydrogens is 346 g/mol. The van der Waals surface area contributed by atoms with E-state index in [1.165, 1.54) is 0 Å². The van der Waals surface area contributed by atoms with Gasteiger partial charge in [-0.15, -0.1) is 0 Å². The molecule has 1 N–H and O–H groups in total. The quantitative estimate of drug-likeness (QED) is 0.906. The molecule has 0 aliphatic carbocycles. The highest BCUT2D eigenvalue weighted by Gasteiger charge is 2.05. The van der Waals surface area contributed by atoms with Gasteiger partial charge in [-0.3, -0.25) is 0 Å². The molecule has 0 unspecified atom stereocenters. The summed E-state index contributed by atoms with van der Waals surface area (Å²) >= 11 is 6.98. The summed E-state index contributed by atoms with van der Waals surface area (Å²) in [4.78, 5) is 0. The number of nitrogens with one attached hydrogen (secondary N) is 1. The molecule has 0 atom stereocenters. The van der Waals surface area contributed by atoms with E-state index in [9.17, 15) is 0 Å². The lowest BCUT2D eigenvalue weighted by molar-refractivity contribution is 0.696. The van der Waals surface area contributed by atoms with Gasteiger partial charge in [-0.1, -0.05) is 22.9 Å². The first kappa shape index (κ1) is 12.8. The maximum Gasteiger partial charge on any atom is 0.0788 e. The number of hydrogen-bond donors (Lipinski definition) is 1. The number of benzene rings is 1. The van der Waals surface area contributed by atoms with Crippen molar-refractivity contribution < 1.29 is 0 Å². The second-order valence-electron chi connectivity index (χ2n) is 3.63. The molecule has 0 spiro atoms. The number of hydrogen-bond acceptors (Lipinski definition) is 2. The fraction of sp³-hybridized carbons (Fsp3) is 0.250. The van der Waals surface area contributed by atoms with E-state index in [-0.39, 0.29) is 0 Å². The normalized spacial score (nSPS) is 10.8. The van der Waals surface area contributed by atoms with Gasteiger partial charge in [-0.25, -0.2) is 4.68 Å². The largest absolute Gasteiger partial charge is 0.311 e. The van der Waals surface area contributed by atoms with E-state index in [0.29, 0.717) is 0 Å². The van der Waals surface area contributed by atoms with Crippen molar-refractivity contribution in [3.63, 3.8) is 0 Å². The Kier molecular flexibility index (Phi) is 4.36. The van der Waals surface area contributed by atoms with Gasteiger partial charge in [0.05, 0.1) is 11.4 Å². The summed E-state index contributed by atoms with van der Waals surface area (Å²) in [5.74, 6) is 0. The second kappa shape index (κ2) is 5.80. The Labute approximate surface area is 117 Å². The van der Waals surface area contributed by atoms with Crippen molar-refractivity contribution in [3.8, 4) is 5.69 Å². The summed E-state index contributed by atoms with van der Waals surface area (Å²) in [6.45, 7) is 3.84. The molecule has 90 valence electrons. The van der Waals surface area contributed by atoms with Crippen molar-refractivity contribution in [2.24, 2.45) is 0 Å². The third-order valence-corrected chi connectivity index (χ3v) is 3.49. The smallest absolute Gasteiger partial charge is 0.0788 e. The molecule has 0 saturated carbocycles. The van der Waals surface area contributed by atoms with E-state index < -0.39 is 0 Å². The molecule has 0 fully saturated rings. The molecule has 1 aromatic carbocycles. The van der Waals surface area contributed by atoms with E-state index in [4.69, 9.17) is 0 Å². The Balaban J connectivity index is 2.24. The Morgan fingerprint density at radius 1 is 1.29 bits per heavy atom. The third-order valence-electron chi connectivity index (χ3n) is 2.36. The monoisotopic (exact) mass is 357 g/mol. The highest BCUT2D eigenvalue weighted by Crippen LogP contribution is 2.24. The van der Waals surface area contributed by atoms with Crippen LogP contribution in [0.5, 0.6) is 0 Å². The molecule has 5 heteroatoms. The van der Waals surface area contributed by atoms with Crippen LogP contribution < -0.4 is 5.32 Å². The van der Waals surface area contributed by atoms with Gasteiger partial charge in [0, 0.05) is 21.7 Å². The highest BCUT2D eigenvalue weighted by atomic mass is 79.9. The van der Waals surface area contributed by atoms with E-state index in [2.05, 4.69) is 49.2 Å². The van der Waals surface area contributed by atoms with Gasteiger partial charge in [0.1, 0.15) is 0 Å². The molecule has 1 heterocycles. The van der Waals surface area contributed by atoms with Gasteiger partial charge < -0.3 is 5.32 Å². The summed E-state index contributed by atoms with van der Waals surface area (Å²) in [6, 6.07) is 8.07. The van der Waals surface area contributed by atoms with E-state index in [1.807, 2.05) is 35.1 Å². The van der Waals surface area contributed by atoms with Crippen LogP contribution in [-0.2, 0) is 6.54 Å². The Morgan fingerprint density at radius 2 is 2.12 bits per heavy atom. The lowest BCUT2D eigenvalue weighted by Crippen LogP contribution is -2.12. The minimum Gasteiger partial charge on any atom is -0.311 e. The molecule has 17 heavy (non-hydrogen) atoms. The standard InChI is InChI=1S/C12H13Br2N3/c1-2-15-8-10-5-6-17(16-10)12-4-3-9(13)7-11(12)14/h3-7,15H,2,8H2,1H3. The zero-order valence-electron chi connectivity index (χ0n) is 9.45. The Bertz CT molecular complexity index is 508.